The molecule has 9 nitrogen and oxygen atoms in total. The highest BCUT2D eigenvalue weighted by molar-refractivity contribution is 6.32. The lowest BCUT2D eigenvalue weighted by molar-refractivity contribution is -0.152. The van der Waals surface area contributed by atoms with Crippen LogP contribution in [0.15, 0.2) is 24.3 Å². The number of hydrazine groups is 1. The van der Waals surface area contributed by atoms with Crippen molar-refractivity contribution in [3.05, 3.63) is 29.3 Å². The van der Waals surface area contributed by atoms with Gasteiger partial charge in [0.1, 0.15) is 11.3 Å². The Labute approximate surface area is 172 Å². The molecular formula is C19H22ClN3O6. The first-order valence-electron chi connectivity index (χ1n) is 9.30. The summed E-state index contributed by atoms with van der Waals surface area (Å²) in [5, 5.41) is 3.68. The average molecular weight is 424 g/mol. The van der Waals surface area contributed by atoms with E-state index >= 15 is 0 Å². The van der Waals surface area contributed by atoms with E-state index in [9.17, 15) is 19.2 Å². The lowest BCUT2D eigenvalue weighted by Gasteiger charge is -2.33. The maximum absolute atomic E-state index is 12.7. The van der Waals surface area contributed by atoms with Crippen molar-refractivity contribution in [3.63, 3.8) is 0 Å². The minimum Gasteiger partial charge on any atom is -0.480 e. The molecule has 2 fully saturated rings. The Kier molecular flexibility index (Phi) is 6.26. The highest BCUT2D eigenvalue weighted by Crippen LogP contribution is 2.35. The molecule has 4 amide bonds. The monoisotopic (exact) mass is 423 g/mol. The van der Waals surface area contributed by atoms with Gasteiger partial charge in [-0.1, -0.05) is 30.7 Å². The minimum absolute atomic E-state index is 0.307. The number of rotatable bonds is 6. The van der Waals surface area contributed by atoms with Crippen molar-refractivity contribution in [1.82, 2.24) is 15.8 Å². The van der Waals surface area contributed by atoms with Gasteiger partial charge in [-0.2, -0.15) is 5.01 Å². The smallest absolute Gasteiger partial charge is 0.344 e. The molecule has 1 aliphatic carbocycles. The van der Waals surface area contributed by atoms with E-state index < -0.39 is 42.6 Å². The molecule has 0 bridgehead atoms. The summed E-state index contributed by atoms with van der Waals surface area (Å²) in [7, 11) is 0. The molecule has 10 heteroatoms. The van der Waals surface area contributed by atoms with E-state index in [0.717, 1.165) is 12.8 Å². The van der Waals surface area contributed by atoms with E-state index in [1.807, 2.05) is 0 Å². The number of hydrogen-bond acceptors (Lipinski definition) is 6. The highest BCUT2D eigenvalue weighted by atomic mass is 35.5. The summed E-state index contributed by atoms with van der Waals surface area (Å²) in [5.74, 6) is -1.30. The van der Waals surface area contributed by atoms with Crippen molar-refractivity contribution in [1.29, 1.82) is 0 Å². The van der Waals surface area contributed by atoms with Crippen LogP contribution in [0, 0.1) is 5.92 Å². The molecule has 0 atom stereocenters. The van der Waals surface area contributed by atoms with Gasteiger partial charge in [0.05, 0.1) is 5.02 Å². The van der Waals surface area contributed by atoms with Crippen molar-refractivity contribution in [2.45, 2.75) is 38.1 Å². The van der Waals surface area contributed by atoms with Crippen LogP contribution in [-0.4, -0.2) is 47.6 Å². The van der Waals surface area contributed by atoms with Gasteiger partial charge >= 0.3 is 12.0 Å². The fourth-order valence-electron chi connectivity index (χ4n) is 3.36. The van der Waals surface area contributed by atoms with E-state index in [1.165, 1.54) is 0 Å². The van der Waals surface area contributed by atoms with Gasteiger partial charge in [0.2, 0.25) is 0 Å². The summed E-state index contributed by atoms with van der Waals surface area (Å²) in [6.45, 7) is 0.991. The number of carbonyl (C=O) groups excluding carboxylic acids is 4. The third-order valence-electron chi connectivity index (χ3n) is 5.07. The van der Waals surface area contributed by atoms with Gasteiger partial charge in [0.15, 0.2) is 13.2 Å². The lowest BCUT2D eigenvalue weighted by atomic mass is 9.77. The molecular weight excluding hydrogens is 402 g/mol. The third kappa shape index (κ3) is 4.79. The van der Waals surface area contributed by atoms with Crippen LogP contribution in [-0.2, 0) is 19.1 Å². The van der Waals surface area contributed by atoms with Crippen LogP contribution in [0.1, 0.15) is 32.6 Å². The zero-order valence-electron chi connectivity index (χ0n) is 15.9. The fourth-order valence-corrected chi connectivity index (χ4v) is 3.55. The zero-order valence-corrected chi connectivity index (χ0v) is 16.7. The van der Waals surface area contributed by atoms with Gasteiger partial charge in [-0.05, 0) is 43.7 Å². The second-order valence-corrected chi connectivity index (χ2v) is 7.66. The molecule has 2 aliphatic rings. The van der Waals surface area contributed by atoms with Crippen LogP contribution in [0.3, 0.4) is 0 Å². The zero-order chi connectivity index (χ0) is 21.0. The normalized spacial score (nSPS) is 23.7. The van der Waals surface area contributed by atoms with E-state index in [0.29, 0.717) is 34.5 Å². The Morgan fingerprint density at radius 2 is 1.93 bits per heavy atom. The Morgan fingerprint density at radius 3 is 2.62 bits per heavy atom. The number of imide groups is 1. The molecule has 1 saturated heterocycles. The van der Waals surface area contributed by atoms with Gasteiger partial charge < -0.3 is 14.8 Å². The fraction of sp³-hybridized carbons (Fsp3) is 0.474. The molecule has 0 unspecified atom stereocenters. The van der Waals surface area contributed by atoms with Gasteiger partial charge in [0, 0.05) is 0 Å². The van der Waals surface area contributed by atoms with E-state index in [-0.39, 0.29) is 0 Å². The second kappa shape index (κ2) is 8.69. The minimum atomic E-state index is -0.962. The molecule has 3 rings (SSSR count). The molecule has 1 saturated carbocycles. The van der Waals surface area contributed by atoms with E-state index in [1.54, 1.807) is 24.3 Å². The first-order chi connectivity index (χ1) is 13.8. The van der Waals surface area contributed by atoms with Crippen molar-refractivity contribution in [3.8, 4) is 5.75 Å². The maximum Gasteiger partial charge on any atom is 0.344 e. The van der Waals surface area contributed by atoms with Crippen molar-refractivity contribution < 1.29 is 28.7 Å². The molecule has 1 aromatic rings. The Morgan fingerprint density at radius 1 is 1.24 bits per heavy atom. The number of ether oxygens (including phenoxy) is 2. The van der Waals surface area contributed by atoms with E-state index in [4.69, 9.17) is 21.1 Å². The Bertz CT molecular complexity index is 822. The summed E-state index contributed by atoms with van der Waals surface area (Å²) >= 11 is 5.91. The summed E-state index contributed by atoms with van der Waals surface area (Å²) in [4.78, 5) is 48.6. The third-order valence-corrected chi connectivity index (χ3v) is 5.38. The number of amides is 4. The topological polar surface area (TPSA) is 114 Å². The summed E-state index contributed by atoms with van der Waals surface area (Å²) in [6.07, 6.45) is 2.69. The summed E-state index contributed by atoms with van der Waals surface area (Å²) < 4.78 is 10.0. The molecule has 2 N–H and O–H groups in total. The van der Waals surface area contributed by atoms with Crippen LogP contribution in [0.4, 0.5) is 4.79 Å². The highest BCUT2D eigenvalue weighted by Gasteiger charge is 2.52. The van der Waals surface area contributed by atoms with Crippen LogP contribution in [0.2, 0.25) is 5.02 Å². The van der Waals surface area contributed by atoms with Crippen LogP contribution in [0.5, 0.6) is 5.75 Å². The maximum atomic E-state index is 12.7. The number of esters is 1. The van der Waals surface area contributed by atoms with Gasteiger partial charge in [-0.3, -0.25) is 15.0 Å². The molecule has 1 heterocycles. The first kappa shape index (κ1) is 20.9. The molecule has 0 aromatic heterocycles. The number of halogens is 1. The Balaban J connectivity index is 1.45. The molecule has 0 radical (unpaired) electrons. The summed E-state index contributed by atoms with van der Waals surface area (Å²) in [6, 6.07) is 5.91. The van der Waals surface area contributed by atoms with Crippen molar-refractivity contribution in [2.75, 3.05) is 13.2 Å². The number of nitrogens with one attached hydrogen (secondary N) is 2. The lowest BCUT2D eigenvalue weighted by Crippen LogP contribution is -2.52. The van der Waals surface area contributed by atoms with Gasteiger partial charge in [-0.15, -0.1) is 0 Å². The number of carbonyl (C=O) groups is 4. The van der Waals surface area contributed by atoms with Crippen LogP contribution < -0.4 is 15.5 Å². The molecule has 1 spiro atoms. The van der Waals surface area contributed by atoms with Crippen LogP contribution in [0.25, 0.3) is 0 Å². The first-order valence-corrected chi connectivity index (χ1v) is 9.68. The predicted octanol–water partition coefficient (Wildman–Crippen LogP) is 1.79. The van der Waals surface area contributed by atoms with E-state index in [2.05, 4.69) is 17.7 Å². The molecule has 156 valence electrons. The SMILES string of the molecule is CC1CCC2(CC1)NC(=O)N(NC(=O)COC(=O)COc1ccccc1Cl)C2=O. The largest absolute Gasteiger partial charge is 0.480 e. The second-order valence-electron chi connectivity index (χ2n) is 7.25. The van der Waals surface area contributed by atoms with Crippen LogP contribution >= 0.6 is 11.6 Å². The van der Waals surface area contributed by atoms with Crippen molar-refractivity contribution >= 4 is 35.4 Å². The standard InChI is InChI=1S/C19H22ClN3O6/c1-12-6-8-19(9-7-12)17(26)23(18(27)21-19)22-15(24)10-29-16(25)11-28-14-5-3-2-4-13(14)20/h2-5,12H,6-11H2,1H3,(H,21,27)(H,22,24). The van der Waals surface area contributed by atoms with Gasteiger partial charge in [0.25, 0.3) is 11.8 Å². The number of para-hydroxylation sites is 1. The van der Waals surface area contributed by atoms with Crippen molar-refractivity contribution in [2.24, 2.45) is 5.92 Å². The molecule has 1 aromatic carbocycles. The van der Waals surface area contributed by atoms with Gasteiger partial charge in [-0.25, -0.2) is 9.59 Å². The Hall–Kier alpha value is -2.81. The average Bonchev–Trinajstić information content (AvgIpc) is 2.92. The number of benzene rings is 1. The molecule has 1 aliphatic heterocycles. The number of urea groups is 1. The molecule has 29 heavy (non-hydrogen) atoms. The quantitative estimate of drug-likeness (QED) is 0.532. The predicted molar refractivity (Wildman–Crippen MR) is 102 cm³/mol. The number of hydrogen-bond donors (Lipinski definition) is 2. The number of nitrogens with zero attached hydrogens (tertiary/aromatic N) is 1. The summed E-state index contributed by atoms with van der Waals surface area (Å²) in [5.41, 5.74) is 1.23.